The second kappa shape index (κ2) is 3.91. The Labute approximate surface area is 113 Å². The molecule has 0 amide bonds. The Kier molecular flexibility index (Phi) is 2.33. The lowest BCUT2D eigenvalue weighted by Gasteiger charge is -2.37. The summed E-state index contributed by atoms with van der Waals surface area (Å²) in [6.07, 6.45) is 10.4. The molecule has 2 aromatic rings. The van der Waals surface area contributed by atoms with Crippen molar-refractivity contribution < 1.29 is 0 Å². The van der Waals surface area contributed by atoms with E-state index in [1.165, 1.54) is 25.7 Å². The third-order valence-electron chi connectivity index (χ3n) is 4.12. The summed E-state index contributed by atoms with van der Waals surface area (Å²) >= 11 is 3.77. The van der Waals surface area contributed by atoms with E-state index in [0.29, 0.717) is 16.9 Å². The third kappa shape index (κ3) is 1.48. The summed E-state index contributed by atoms with van der Waals surface area (Å²) < 4.78 is 1.95. The molecule has 5 nitrogen and oxygen atoms in total. The lowest BCUT2D eigenvalue weighted by molar-refractivity contribution is 0.480. The van der Waals surface area contributed by atoms with Crippen LogP contribution in [0, 0.1) is 0 Å². The van der Waals surface area contributed by atoms with Gasteiger partial charge in [-0.25, -0.2) is 4.98 Å². The molecule has 4 rings (SSSR count). The SMILES string of the molecule is BrC1CC2CCC(C1)N2c1nccn2cnnc12. The molecule has 4 heterocycles. The van der Waals surface area contributed by atoms with E-state index < -0.39 is 0 Å². The van der Waals surface area contributed by atoms with Crippen LogP contribution in [0.3, 0.4) is 0 Å². The van der Waals surface area contributed by atoms with Gasteiger partial charge in [-0.3, -0.25) is 4.40 Å². The van der Waals surface area contributed by atoms with Crippen LogP contribution in [0.2, 0.25) is 0 Å². The first-order chi connectivity index (χ1) is 8.83. The number of fused-ring (bicyclic) bond motifs is 3. The molecule has 0 N–H and O–H groups in total. The van der Waals surface area contributed by atoms with E-state index in [0.717, 1.165) is 11.5 Å². The Hall–Kier alpha value is -1.17. The van der Waals surface area contributed by atoms with Crippen molar-refractivity contribution >= 4 is 27.4 Å². The topological polar surface area (TPSA) is 46.3 Å². The number of anilines is 1. The van der Waals surface area contributed by atoms with E-state index >= 15 is 0 Å². The normalized spacial score (nSPS) is 31.2. The average molecular weight is 308 g/mol. The quantitative estimate of drug-likeness (QED) is 0.756. The summed E-state index contributed by atoms with van der Waals surface area (Å²) in [4.78, 5) is 7.69. The molecule has 0 saturated carbocycles. The van der Waals surface area contributed by atoms with E-state index in [4.69, 9.17) is 0 Å². The number of hydrogen-bond acceptors (Lipinski definition) is 4. The van der Waals surface area contributed by atoms with Crippen molar-refractivity contribution in [1.29, 1.82) is 0 Å². The molecule has 2 aliphatic rings. The zero-order chi connectivity index (χ0) is 12.1. The van der Waals surface area contributed by atoms with Crippen molar-refractivity contribution in [2.24, 2.45) is 0 Å². The lowest BCUT2D eigenvalue weighted by Crippen LogP contribution is -2.44. The van der Waals surface area contributed by atoms with Crippen LogP contribution in [0.25, 0.3) is 5.65 Å². The average Bonchev–Trinajstić information content (AvgIpc) is 2.92. The van der Waals surface area contributed by atoms with Gasteiger partial charge in [-0.05, 0) is 25.7 Å². The van der Waals surface area contributed by atoms with Gasteiger partial charge >= 0.3 is 0 Å². The first-order valence-corrected chi connectivity index (χ1v) is 7.31. The van der Waals surface area contributed by atoms with Crippen molar-refractivity contribution in [3.8, 4) is 0 Å². The molecule has 2 fully saturated rings. The Bertz CT molecular complexity index is 569. The number of halogens is 1. The number of hydrogen-bond donors (Lipinski definition) is 0. The van der Waals surface area contributed by atoms with Crippen LogP contribution in [0.1, 0.15) is 25.7 Å². The maximum Gasteiger partial charge on any atom is 0.203 e. The highest BCUT2D eigenvalue weighted by atomic mass is 79.9. The summed E-state index contributed by atoms with van der Waals surface area (Å²) in [5.74, 6) is 1.00. The van der Waals surface area contributed by atoms with Gasteiger partial charge in [-0.2, -0.15) is 0 Å². The third-order valence-corrected chi connectivity index (χ3v) is 4.86. The molecular weight excluding hydrogens is 294 g/mol. The summed E-state index contributed by atoms with van der Waals surface area (Å²) in [5, 5.41) is 8.19. The van der Waals surface area contributed by atoms with Crippen LogP contribution < -0.4 is 4.90 Å². The number of rotatable bonds is 1. The molecule has 2 aliphatic heterocycles. The van der Waals surface area contributed by atoms with E-state index in [-0.39, 0.29) is 0 Å². The Balaban J connectivity index is 1.81. The fourth-order valence-corrected chi connectivity index (χ4v) is 4.25. The maximum atomic E-state index is 4.56. The van der Waals surface area contributed by atoms with Gasteiger partial charge < -0.3 is 4.90 Å². The molecule has 2 saturated heterocycles. The van der Waals surface area contributed by atoms with Gasteiger partial charge in [0.2, 0.25) is 5.65 Å². The minimum Gasteiger partial charge on any atom is -0.347 e. The van der Waals surface area contributed by atoms with Gasteiger partial charge in [-0.15, -0.1) is 10.2 Å². The molecule has 2 unspecified atom stereocenters. The predicted octanol–water partition coefficient (Wildman–Crippen LogP) is 2.02. The first kappa shape index (κ1) is 10.7. The number of aromatic nitrogens is 4. The summed E-state index contributed by atoms with van der Waals surface area (Å²) in [7, 11) is 0. The fraction of sp³-hybridized carbons (Fsp3) is 0.583. The monoisotopic (exact) mass is 307 g/mol. The summed E-state index contributed by atoms with van der Waals surface area (Å²) in [5.41, 5.74) is 0.877. The first-order valence-electron chi connectivity index (χ1n) is 6.39. The predicted molar refractivity (Wildman–Crippen MR) is 72.0 cm³/mol. The Morgan fingerprint density at radius 2 is 2.00 bits per heavy atom. The molecule has 18 heavy (non-hydrogen) atoms. The van der Waals surface area contributed by atoms with Crippen LogP contribution in [-0.4, -0.2) is 36.5 Å². The van der Waals surface area contributed by atoms with Crippen LogP contribution in [0.4, 0.5) is 5.82 Å². The van der Waals surface area contributed by atoms with Gasteiger partial charge in [0, 0.05) is 29.3 Å². The van der Waals surface area contributed by atoms with Crippen molar-refractivity contribution in [2.45, 2.75) is 42.6 Å². The van der Waals surface area contributed by atoms with Gasteiger partial charge in [0.1, 0.15) is 6.33 Å². The van der Waals surface area contributed by atoms with Gasteiger partial charge in [0.15, 0.2) is 5.82 Å². The smallest absolute Gasteiger partial charge is 0.203 e. The molecule has 0 spiro atoms. The van der Waals surface area contributed by atoms with Gasteiger partial charge in [-0.1, -0.05) is 15.9 Å². The molecule has 2 aromatic heterocycles. The summed E-state index contributed by atoms with van der Waals surface area (Å²) in [6.45, 7) is 0. The summed E-state index contributed by atoms with van der Waals surface area (Å²) in [6, 6.07) is 1.20. The van der Waals surface area contributed by atoms with Gasteiger partial charge in [0.05, 0.1) is 0 Å². The Morgan fingerprint density at radius 1 is 1.22 bits per heavy atom. The van der Waals surface area contributed by atoms with E-state index in [2.05, 4.69) is 36.0 Å². The number of piperidine rings is 1. The van der Waals surface area contributed by atoms with Crippen molar-refractivity contribution in [1.82, 2.24) is 19.6 Å². The largest absolute Gasteiger partial charge is 0.347 e. The van der Waals surface area contributed by atoms with Crippen LogP contribution >= 0.6 is 15.9 Å². The van der Waals surface area contributed by atoms with Crippen LogP contribution in [-0.2, 0) is 0 Å². The molecular formula is C12H14BrN5. The van der Waals surface area contributed by atoms with Crippen LogP contribution in [0.5, 0.6) is 0 Å². The van der Waals surface area contributed by atoms with Crippen molar-refractivity contribution in [2.75, 3.05) is 4.90 Å². The molecule has 2 bridgehead atoms. The second-order valence-electron chi connectivity index (χ2n) is 5.17. The van der Waals surface area contributed by atoms with E-state index in [1.54, 1.807) is 6.33 Å². The Morgan fingerprint density at radius 3 is 2.78 bits per heavy atom. The molecule has 0 aromatic carbocycles. The molecule has 2 atom stereocenters. The molecule has 6 heteroatoms. The molecule has 0 aliphatic carbocycles. The minimum atomic E-state index is 0.600. The van der Waals surface area contributed by atoms with Crippen LogP contribution in [0.15, 0.2) is 18.7 Å². The van der Waals surface area contributed by atoms with E-state index in [1.807, 2.05) is 16.8 Å². The van der Waals surface area contributed by atoms with E-state index in [9.17, 15) is 0 Å². The minimum absolute atomic E-state index is 0.600. The number of alkyl halides is 1. The molecule has 94 valence electrons. The number of nitrogens with zero attached hydrogens (tertiary/aromatic N) is 5. The highest BCUT2D eigenvalue weighted by molar-refractivity contribution is 9.09. The van der Waals surface area contributed by atoms with Crippen molar-refractivity contribution in [3.05, 3.63) is 18.7 Å². The highest BCUT2D eigenvalue weighted by Crippen LogP contribution is 2.41. The maximum absolute atomic E-state index is 4.56. The highest BCUT2D eigenvalue weighted by Gasteiger charge is 2.41. The standard InChI is InChI=1S/C12H14BrN5/c13-8-5-9-1-2-10(6-8)18(9)11-12-16-15-7-17(12)4-3-14-11/h3-4,7-10H,1-2,5-6H2. The van der Waals surface area contributed by atoms with Gasteiger partial charge in [0.25, 0.3) is 0 Å². The zero-order valence-corrected chi connectivity index (χ0v) is 11.5. The zero-order valence-electron chi connectivity index (χ0n) is 9.91. The fourth-order valence-electron chi connectivity index (χ4n) is 3.38. The second-order valence-corrected chi connectivity index (χ2v) is 6.47. The molecule has 0 radical (unpaired) electrons. The lowest BCUT2D eigenvalue weighted by atomic mass is 10.0. The van der Waals surface area contributed by atoms with Crippen molar-refractivity contribution in [3.63, 3.8) is 0 Å².